The Morgan fingerprint density at radius 3 is 2.60 bits per heavy atom. The first-order chi connectivity index (χ1) is 19.0. The van der Waals surface area contributed by atoms with Gasteiger partial charge in [0.1, 0.15) is 30.0 Å². The van der Waals surface area contributed by atoms with Gasteiger partial charge in [-0.25, -0.2) is 4.98 Å². The first kappa shape index (κ1) is 25.7. The highest BCUT2D eigenvalue weighted by atomic mass is 19.4. The number of alkyl halides is 3. The van der Waals surface area contributed by atoms with E-state index in [9.17, 15) is 22.8 Å². The van der Waals surface area contributed by atoms with Crippen LogP contribution in [-0.4, -0.2) is 40.3 Å². The van der Waals surface area contributed by atoms with Gasteiger partial charge in [-0.2, -0.15) is 13.2 Å². The Morgan fingerprint density at radius 1 is 1.07 bits per heavy atom. The molecule has 1 unspecified atom stereocenters. The van der Waals surface area contributed by atoms with Crippen LogP contribution in [0.3, 0.4) is 0 Å². The lowest BCUT2D eigenvalue weighted by Gasteiger charge is -2.29. The van der Waals surface area contributed by atoms with E-state index in [2.05, 4.69) is 4.98 Å². The number of aromatic nitrogens is 2. The number of amides is 1. The van der Waals surface area contributed by atoms with Crippen LogP contribution in [0.5, 0.6) is 11.5 Å². The Hall–Kier alpha value is -4.54. The minimum atomic E-state index is -5.15. The number of aryl methyl sites for hydroxylation is 1. The lowest BCUT2D eigenvalue weighted by molar-refractivity contribution is -0.171. The first-order valence-electron chi connectivity index (χ1n) is 12.6. The highest BCUT2D eigenvalue weighted by Gasteiger charge is 2.48. The number of para-hydroxylation sites is 3. The summed E-state index contributed by atoms with van der Waals surface area (Å²) in [4.78, 5) is 29.7. The number of rotatable bonds is 4. The zero-order valence-electron chi connectivity index (χ0n) is 21.7. The highest BCUT2D eigenvalue weighted by molar-refractivity contribution is 5.98. The standard InChI is InChI=1S/C29H24F3N3O5/c1-15-26(40-17(3)36)20-12-11-18(13-25(20)39-15)35(28(37)29(30,31)32)24-14-38-27-19(24)7-6-10-23(27)34-16(2)33-21-8-4-5-9-22(21)34/h4-13,15,24,26H,14H2,1-3H3/t15?,24-,26+/m0/s1. The fourth-order valence-electron chi connectivity index (χ4n) is 5.49. The van der Waals surface area contributed by atoms with Gasteiger partial charge >= 0.3 is 18.1 Å². The molecule has 8 nitrogen and oxygen atoms in total. The summed E-state index contributed by atoms with van der Waals surface area (Å²) < 4.78 is 60.9. The second kappa shape index (κ2) is 9.29. The highest BCUT2D eigenvalue weighted by Crippen LogP contribution is 2.47. The van der Waals surface area contributed by atoms with Crippen LogP contribution in [0.25, 0.3) is 16.7 Å². The fraction of sp³-hybridized carbons (Fsp3) is 0.276. The zero-order chi connectivity index (χ0) is 28.3. The van der Waals surface area contributed by atoms with E-state index < -0.39 is 36.3 Å². The molecule has 0 bridgehead atoms. The number of hydrogen-bond acceptors (Lipinski definition) is 6. The molecule has 3 heterocycles. The van der Waals surface area contributed by atoms with Gasteiger partial charge in [0.25, 0.3) is 0 Å². The SMILES string of the molecule is CC(=O)O[C@H]1c2ccc(N(C(=O)C(F)(F)F)[C@H]3COc4c3cccc4-n3c(C)nc4ccccc43)cc2OC1C. The molecule has 11 heteroatoms. The van der Waals surface area contributed by atoms with E-state index in [1.165, 1.54) is 25.1 Å². The molecular weight excluding hydrogens is 527 g/mol. The minimum Gasteiger partial charge on any atom is -0.488 e. The van der Waals surface area contributed by atoms with E-state index >= 15 is 0 Å². The van der Waals surface area contributed by atoms with Crippen LogP contribution in [0.4, 0.5) is 18.9 Å². The lowest BCUT2D eigenvalue weighted by Crippen LogP contribution is -2.44. The minimum absolute atomic E-state index is 0.0205. The molecule has 3 atom stereocenters. The Labute approximate surface area is 226 Å². The smallest absolute Gasteiger partial charge is 0.471 e. The molecule has 0 fully saturated rings. The van der Waals surface area contributed by atoms with Crippen molar-refractivity contribution in [2.75, 3.05) is 11.5 Å². The van der Waals surface area contributed by atoms with Gasteiger partial charge in [0.15, 0.2) is 6.10 Å². The molecule has 40 heavy (non-hydrogen) atoms. The molecule has 2 aliphatic rings. The lowest BCUT2D eigenvalue weighted by atomic mass is 10.0. The molecule has 0 spiro atoms. The summed E-state index contributed by atoms with van der Waals surface area (Å²) in [6.07, 6.45) is -6.41. The van der Waals surface area contributed by atoms with Crippen LogP contribution in [0.15, 0.2) is 60.7 Å². The fourth-order valence-corrected chi connectivity index (χ4v) is 5.49. The van der Waals surface area contributed by atoms with Gasteiger partial charge < -0.3 is 14.2 Å². The molecule has 0 saturated heterocycles. The zero-order valence-corrected chi connectivity index (χ0v) is 21.7. The largest absolute Gasteiger partial charge is 0.488 e. The van der Waals surface area contributed by atoms with E-state index in [1.807, 2.05) is 35.8 Å². The maximum absolute atomic E-state index is 14.0. The van der Waals surface area contributed by atoms with E-state index in [1.54, 1.807) is 25.1 Å². The van der Waals surface area contributed by atoms with Gasteiger partial charge in [-0.1, -0.05) is 24.3 Å². The van der Waals surface area contributed by atoms with Crippen molar-refractivity contribution in [2.24, 2.45) is 0 Å². The van der Waals surface area contributed by atoms with Crippen molar-refractivity contribution in [2.45, 2.75) is 45.2 Å². The molecule has 6 rings (SSSR count). The van der Waals surface area contributed by atoms with Gasteiger partial charge in [-0.15, -0.1) is 0 Å². The second-order valence-corrected chi connectivity index (χ2v) is 9.75. The predicted octanol–water partition coefficient (Wildman–Crippen LogP) is 5.75. The third-order valence-corrected chi connectivity index (χ3v) is 7.13. The monoisotopic (exact) mass is 551 g/mol. The average molecular weight is 552 g/mol. The van der Waals surface area contributed by atoms with Crippen molar-refractivity contribution in [3.63, 3.8) is 0 Å². The Bertz CT molecular complexity index is 1660. The number of nitrogens with zero attached hydrogens (tertiary/aromatic N) is 3. The summed E-state index contributed by atoms with van der Waals surface area (Å²) in [6, 6.07) is 15.9. The first-order valence-corrected chi connectivity index (χ1v) is 12.6. The number of benzene rings is 3. The van der Waals surface area contributed by atoms with E-state index in [0.29, 0.717) is 33.3 Å². The molecule has 2 aliphatic heterocycles. The third kappa shape index (κ3) is 4.12. The number of anilines is 1. The van der Waals surface area contributed by atoms with Gasteiger partial charge in [0, 0.05) is 29.8 Å². The van der Waals surface area contributed by atoms with Gasteiger partial charge in [0.2, 0.25) is 0 Å². The molecule has 1 aromatic heterocycles. The van der Waals surface area contributed by atoms with Crippen LogP contribution in [0.2, 0.25) is 0 Å². The average Bonchev–Trinajstić information content (AvgIpc) is 3.56. The van der Waals surface area contributed by atoms with Gasteiger partial charge in [-0.05, 0) is 44.2 Å². The number of hydrogen-bond donors (Lipinski definition) is 0. The quantitative estimate of drug-likeness (QED) is 0.301. The number of fused-ring (bicyclic) bond motifs is 3. The summed E-state index contributed by atoms with van der Waals surface area (Å²) in [5, 5.41) is 0. The van der Waals surface area contributed by atoms with Crippen molar-refractivity contribution < 1.29 is 37.0 Å². The van der Waals surface area contributed by atoms with Gasteiger partial charge in [0.05, 0.1) is 22.8 Å². The number of carbonyl (C=O) groups is 2. The maximum Gasteiger partial charge on any atom is 0.471 e. The molecule has 0 aliphatic carbocycles. The number of ether oxygens (including phenoxy) is 3. The molecule has 0 radical (unpaired) electrons. The second-order valence-electron chi connectivity index (χ2n) is 9.75. The summed E-state index contributed by atoms with van der Waals surface area (Å²) in [7, 11) is 0. The van der Waals surface area contributed by atoms with Crippen molar-refractivity contribution in [3.8, 4) is 17.2 Å². The van der Waals surface area contributed by atoms with Crippen LogP contribution >= 0.6 is 0 Å². The number of imidazole rings is 1. The molecule has 1 amide bonds. The van der Waals surface area contributed by atoms with Crippen molar-refractivity contribution in [1.82, 2.24) is 9.55 Å². The molecule has 206 valence electrons. The predicted molar refractivity (Wildman–Crippen MR) is 139 cm³/mol. The van der Waals surface area contributed by atoms with E-state index in [4.69, 9.17) is 14.2 Å². The van der Waals surface area contributed by atoms with Gasteiger partial charge in [-0.3, -0.25) is 19.1 Å². The topological polar surface area (TPSA) is 82.9 Å². The van der Waals surface area contributed by atoms with E-state index in [-0.39, 0.29) is 18.0 Å². The molecular formula is C29H24F3N3O5. The van der Waals surface area contributed by atoms with Crippen LogP contribution < -0.4 is 14.4 Å². The number of esters is 1. The van der Waals surface area contributed by atoms with Crippen LogP contribution in [0, 0.1) is 6.92 Å². The van der Waals surface area contributed by atoms with Crippen molar-refractivity contribution in [3.05, 3.63) is 77.6 Å². The molecule has 0 N–H and O–H groups in total. The summed E-state index contributed by atoms with van der Waals surface area (Å²) in [5.74, 6) is -1.25. The third-order valence-electron chi connectivity index (χ3n) is 7.13. The normalized spacial score (nSPS) is 19.5. The molecule has 3 aromatic carbocycles. The Balaban J connectivity index is 1.45. The van der Waals surface area contributed by atoms with Crippen molar-refractivity contribution >= 4 is 28.6 Å². The van der Waals surface area contributed by atoms with E-state index in [0.717, 1.165) is 11.0 Å². The maximum atomic E-state index is 14.0. The van der Waals surface area contributed by atoms with Crippen LogP contribution in [-0.2, 0) is 14.3 Å². The van der Waals surface area contributed by atoms with Crippen LogP contribution in [0.1, 0.15) is 42.9 Å². The summed E-state index contributed by atoms with van der Waals surface area (Å²) in [5.41, 5.74) is 3.11. The molecule has 4 aromatic rings. The summed E-state index contributed by atoms with van der Waals surface area (Å²) in [6.45, 7) is 4.60. The summed E-state index contributed by atoms with van der Waals surface area (Å²) >= 11 is 0. The Morgan fingerprint density at radius 2 is 1.85 bits per heavy atom. The Kier molecular flexibility index (Phi) is 5.97. The number of halogens is 3. The number of carbonyl (C=O) groups excluding carboxylic acids is 2. The van der Waals surface area contributed by atoms with Crippen molar-refractivity contribution in [1.29, 1.82) is 0 Å². The molecule has 0 saturated carbocycles.